The number of carboxylic acids is 1. The van der Waals surface area contributed by atoms with Crippen LogP contribution in [0.2, 0.25) is 0 Å². The Bertz CT molecular complexity index is 361. The Hall–Kier alpha value is -1.30. The average molecular weight is 297 g/mol. The van der Waals surface area contributed by atoms with Gasteiger partial charge in [0.2, 0.25) is 0 Å². The van der Waals surface area contributed by atoms with Crippen LogP contribution in [-0.4, -0.2) is 65.7 Å². The lowest BCUT2D eigenvalue weighted by molar-refractivity contribution is -0.143. The van der Waals surface area contributed by atoms with E-state index in [1.807, 2.05) is 6.92 Å². The third kappa shape index (κ3) is 4.88. The Balaban J connectivity index is 1.70. The maximum Gasteiger partial charge on any atom is 0.317 e. The Morgan fingerprint density at radius 3 is 2.33 bits per heavy atom. The Kier molecular flexibility index (Phi) is 5.85. The topological polar surface area (TPSA) is 72.9 Å². The Morgan fingerprint density at radius 2 is 1.76 bits per heavy atom. The summed E-state index contributed by atoms with van der Waals surface area (Å²) in [5.74, 6) is -1.03. The van der Waals surface area contributed by atoms with Crippen LogP contribution in [0.1, 0.15) is 39.0 Å². The van der Waals surface area contributed by atoms with Crippen LogP contribution in [0.5, 0.6) is 0 Å². The van der Waals surface area contributed by atoms with Crippen molar-refractivity contribution in [1.29, 1.82) is 0 Å². The fourth-order valence-corrected chi connectivity index (χ4v) is 3.21. The van der Waals surface area contributed by atoms with E-state index in [2.05, 4.69) is 10.2 Å². The summed E-state index contributed by atoms with van der Waals surface area (Å²) < 4.78 is 0. The van der Waals surface area contributed by atoms with Gasteiger partial charge in [0.25, 0.3) is 0 Å². The molecule has 120 valence electrons. The monoisotopic (exact) mass is 297 g/mol. The summed E-state index contributed by atoms with van der Waals surface area (Å²) in [5, 5.41) is 12.0. The molecule has 2 rings (SSSR count). The van der Waals surface area contributed by atoms with Crippen LogP contribution in [0.3, 0.4) is 0 Å². The molecular formula is C15H27N3O3. The first-order valence-electron chi connectivity index (χ1n) is 8.07. The molecule has 2 fully saturated rings. The molecule has 2 aliphatic rings. The minimum Gasteiger partial charge on any atom is -0.481 e. The molecule has 0 radical (unpaired) electrons. The summed E-state index contributed by atoms with van der Waals surface area (Å²) in [6, 6.07) is 0.0798. The van der Waals surface area contributed by atoms with Crippen LogP contribution in [0, 0.1) is 5.92 Å². The van der Waals surface area contributed by atoms with Gasteiger partial charge in [0, 0.05) is 25.7 Å². The van der Waals surface area contributed by atoms with E-state index < -0.39 is 5.97 Å². The molecule has 2 saturated heterocycles. The highest BCUT2D eigenvalue weighted by Gasteiger charge is 2.27. The lowest BCUT2D eigenvalue weighted by Crippen LogP contribution is -2.50. The molecule has 6 nitrogen and oxygen atoms in total. The largest absolute Gasteiger partial charge is 0.481 e. The molecule has 2 amide bonds. The molecular weight excluding hydrogens is 270 g/mol. The van der Waals surface area contributed by atoms with Crippen molar-refractivity contribution in [2.45, 2.75) is 45.1 Å². The molecule has 0 aromatic heterocycles. The van der Waals surface area contributed by atoms with Gasteiger partial charge >= 0.3 is 12.0 Å². The number of nitrogens with one attached hydrogen (secondary N) is 1. The molecule has 0 bridgehead atoms. The summed E-state index contributed by atoms with van der Waals surface area (Å²) >= 11 is 0. The zero-order valence-electron chi connectivity index (χ0n) is 12.9. The molecule has 0 aliphatic carbocycles. The minimum atomic E-state index is -0.742. The van der Waals surface area contributed by atoms with Gasteiger partial charge in [-0.3, -0.25) is 4.79 Å². The van der Waals surface area contributed by atoms with Crippen LogP contribution in [0.4, 0.5) is 4.79 Å². The van der Waals surface area contributed by atoms with Crippen molar-refractivity contribution < 1.29 is 14.7 Å². The van der Waals surface area contributed by atoms with Crippen molar-refractivity contribution in [2.24, 2.45) is 5.92 Å². The maximum absolute atomic E-state index is 12.2. The second kappa shape index (κ2) is 7.64. The highest BCUT2D eigenvalue weighted by atomic mass is 16.4. The molecule has 1 unspecified atom stereocenters. The lowest BCUT2D eigenvalue weighted by atomic mass is 9.97. The summed E-state index contributed by atoms with van der Waals surface area (Å²) in [6.07, 6.45) is 4.94. The van der Waals surface area contributed by atoms with Crippen molar-refractivity contribution in [3.8, 4) is 0 Å². The van der Waals surface area contributed by atoms with Crippen molar-refractivity contribution in [3.05, 3.63) is 0 Å². The van der Waals surface area contributed by atoms with E-state index in [0.717, 1.165) is 19.6 Å². The van der Waals surface area contributed by atoms with Gasteiger partial charge in [-0.25, -0.2) is 4.79 Å². The van der Waals surface area contributed by atoms with E-state index in [1.54, 1.807) is 4.90 Å². The third-order valence-corrected chi connectivity index (χ3v) is 4.48. The van der Waals surface area contributed by atoms with E-state index in [9.17, 15) is 9.59 Å². The number of likely N-dealkylation sites (tertiary alicyclic amines) is 2. The number of carboxylic acid groups (broad SMARTS) is 1. The summed E-state index contributed by atoms with van der Waals surface area (Å²) in [4.78, 5) is 27.2. The average Bonchev–Trinajstić information content (AvgIpc) is 2.48. The van der Waals surface area contributed by atoms with Gasteiger partial charge in [0.05, 0.1) is 5.92 Å². The van der Waals surface area contributed by atoms with Crippen molar-refractivity contribution >= 4 is 12.0 Å². The fourth-order valence-electron chi connectivity index (χ4n) is 3.21. The summed E-state index contributed by atoms with van der Waals surface area (Å²) in [6.45, 7) is 6.28. The smallest absolute Gasteiger partial charge is 0.317 e. The standard InChI is InChI=1S/C15H27N3O3/c1-12(11-17-7-3-2-4-8-17)16-15(21)18-9-5-13(6-10-18)14(19)20/h12-13H,2-11H2,1H3,(H,16,21)(H,19,20). The normalized spacial score (nSPS) is 22.8. The molecule has 0 aromatic carbocycles. The SMILES string of the molecule is CC(CN1CCCCC1)NC(=O)N1CCC(C(=O)O)CC1. The van der Waals surface area contributed by atoms with E-state index in [-0.39, 0.29) is 18.0 Å². The maximum atomic E-state index is 12.2. The van der Waals surface area contributed by atoms with E-state index in [0.29, 0.717) is 25.9 Å². The fraction of sp³-hybridized carbons (Fsp3) is 0.867. The summed E-state index contributed by atoms with van der Waals surface area (Å²) in [7, 11) is 0. The van der Waals surface area contributed by atoms with Crippen molar-refractivity contribution in [3.63, 3.8) is 0 Å². The molecule has 0 saturated carbocycles. The quantitative estimate of drug-likeness (QED) is 0.822. The predicted octanol–water partition coefficient (Wildman–Crippen LogP) is 1.37. The number of rotatable bonds is 4. The van der Waals surface area contributed by atoms with E-state index >= 15 is 0 Å². The number of hydrogen-bond acceptors (Lipinski definition) is 3. The number of carbonyl (C=O) groups is 2. The number of urea groups is 1. The highest BCUT2D eigenvalue weighted by Crippen LogP contribution is 2.17. The predicted molar refractivity (Wildman–Crippen MR) is 80.2 cm³/mol. The molecule has 1 atom stereocenters. The van der Waals surface area contributed by atoms with Crippen molar-refractivity contribution in [1.82, 2.24) is 15.1 Å². The molecule has 2 heterocycles. The van der Waals surface area contributed by atoms with Gasteiger partial charge < -0.3 is 20.2 Å². The van der Waals surface area contributed by atoms with Gasteiger partial charge in [0.1, 0.15) is 0 Å². The Labute approximate surface area is 126 Å². The van der Waals surface area contributed by atoms with Crippen molar-refractivity contribution in [2.75, 3.05) is 32.7 Å². The van der Waals surface area contributed by atoms with Gasteiger partial charge in [-0.05, 0) is 45.7 Å². The van der Waals surface area contributed by atoms with Gasteiger partial charge in [-0.2, -0.15) is 0 Å². The van der Waals surface area contributed by atoms with Crippen LogP contribution in [0.25, 0.3) is 0 Å². The second-order valence-electron chi connectivity index (χ2n) is 6.31. The van der Waals surface area contributed by atoms with E-state index in [1.165, 1.54) is 19.3 Å². The van der Waals surface area contributed by atoms with Crippen LogP contribution in [0.15, 0.2) is 0 Å². The van der Waals surface area contributed by atoms with Gasteiger partial charge in [0.15, 0.2) is 0 Å². The molecule has 0 aromatic rings. The third-order valence-electron chi connectivity index (χ3n) is 4.48. The number of aliphatic carboxylic acids is 1. The van der Waals surface area contributed by atoms with Crippen LogP contribution >= 0.6 is 0 Å². The van der Waals surface area contributed by atoms with Crippen LogP contribution in [-0.2, 0) is 4.79 Å². The first kappa shape index (κ1) is 16.1. The number of amides is 2. The molecule has 2 aliphatic heterocycles. The minimum absolute atomic E-state index is 0.0525. The molecule has 21 heavy (non-hydrogen) atoms. The number of hydrogen-bond donors (Lipinski definition) is 2. The first-order valence-corrected chi connectivity index (χ1v) is 8.07. The van der Waals surface area contributed by atoms with E-state index in [4.69, 9.17) is 5.11 Å². The molecule has 2 N–H and O–H groups in total. The Morgan fingerprint density at radius 1 is 1.14 bits per heavy atom. The van der Waals surface area contributed by atoms with Crippen LogP contribution < -0.4 is 5.32 Å². The van der Waals surface area contributed by atoms with Gasteiger partial charge in [-0.1, -0.05) is 6.42 Å². The summed E-state index contributed by atoms with van der Waals surface area (Å²) in [5.41, 5.74) is 0. The number of nitrogens with zero attached hydrogens (tertiary/aromatic N) is 2. The highest BCUT2D eigenvalue weighted by molar-refractivity contribution is 5.75. The van der Waals surface area contributed by atoms with Gasteiger partial charge in [-0.15, -0.1) is 0 Å². The lowest BCUT2D eigenvalue weighted by Gasteiger charge is -2.33. The first-order chi connectivity index (χ1) is 10.1. The zero-order valence-corrected chi connectivity index (χ0v) is 12.9. The number of carbonyl (C=O) groups excluding carboxylic acids is 1. The molecule has 6 heteroatoms. The zero-order chi connectivity index (χ0) is 15.2. The second-order valence-corrected chi connectivity index (χ2v) is 6.31. The number of piperidine rings is 2. The molecule has 0 spiro atoms.